The van der Waals surface area contributed by atoms with E-state index in [4.69, 9.17) is 4.74 Å². The molecule has 2 rings (SSSR count). The molecule has 0 radical (unpaired) electrons. The van der Waals surface area contributed by atoms with Gasteiger partial charge in [0.15, 0.2) is 0 Å². The summed E-state index contributed by atoms with van der Waals surface area (Å²) in [6, 6.07) is 1.90. The molecule has 20 heavy (non-hydrogen) atoms. The lowest BCUT2D eigenvalue weighted by Gasteiger charge is -2.27. The highest BCUT2D eigenvalue weighted by Gasteiger charge is 2.17. The molecule has 1 aromatic heterocycles. The van der Waals surface area contributed by atoms with Gasteiger partial charge in [-0.05, 0) is 45.2 Å². The average Bonchev–Trinajstić information content (AvgIpc) is 2.45. The Morgan fingerprint density at radius 1 is 1.35 bits per heavy atom. The number of anilines is 1. The van der Waals surface area contributed by atoms with Crippen molar-refractivity contribution in [3.8, 4) is 5.88 Å². The molecule has 1 aliphatic rings. The first-order chi connectivity index (χ1) is 9.69. The maximum atomic E-state index is 5.63. The fraction of sp³-hybridized carbons (Fsp3) is 0.733. The van der Waals surface area contributed by atoms with Crippen LogP contribution in [0.15, 0.2) is 6.07 Å². The van der Waals surface area contributed by atoms with Crippen LogP contribution < -0.4 is 15.0 Å². The van der Waals surface area contributed by atoms with Crippen LogP contribution in [0.2, 0.25) is 0 Å². The number of rotatable bonds is 6. The summed E-state index contributed by atoms with van der Waals surface area (Å²) >= 11 is 0. The van der Waals surface area contributed by atoms with Crippen LogP contribution in [0.3, 0.4) is 0 Å². The monoisotopic (exact) mass is 278 g/mol. The minimum absolute atomic E-state index is 0.687. The van der Waals surface area contributed by atoms with Crippen molar-refractivity contribution in [2.24, 2.45) is 5.92 Å². The summed E-state index contributed by atoms with van der Waals surface area (Å²) in [6.07, 6.45) is 3.45. The molecule has 112 valence electrons. The molecule has 0 spiro atoms. The van der Waals surface area contributed by atoms with Crippen molar-refractivity contribution in [3.63, 3.8) is 0 Å². The van der Waals surface area contributed by atoms with E-state index in [1.54, 1.807) is 0 Å². The molecule has 1 N–H and O–H groups in total. The highest BCUT2D eigenvalue weighted by molar-refractivity contribution is 5.33. The van der Waals surface area contributed by atoms with Gasteiger partial charge in [-0.15, -0.1) is 0 Å². The predicted molar refractivity (Wildman–Crippen MR) is 81.4 cm³/mol. The lowest BCUT2D eigenvalue weighted by molar-refractivity contribution is 0.304. The van der Waals surface area contributed by atoms with Crippen LogP contribution in [0.25, 0.3) is 0 Å². The standard InChI is InChI=1S/C15H26N4O/c1-4-9-20-14-10-12(2)17-15(18-14)19(3)11-13-5-7-16-8-6-13/h10,13,16H,4-9,11H2,1-3H3. The van der Waals surface area contributed by atoms with Crippen LogP contribution >= 0.6 is 0 Å². The Hall–Kier alpha value is -1.36. The van der Waals surface area contributed by atoms with Crippen LogP contribution in [-0.2, 0) is 0 Å². The third-order valence-electron chi connectivity index (χ3n) is 3.61. The van der Waals surface area contributed by atoms with E-state index in [2.05, 4.69) is 34.2 Å². The van der Waals surface area contributed by atoms with Gasteiger partial charge < -0.3 is 15.0 Å². The van der Waals surface area contributed by atoms with E-state index in [1.165, 1.54) is 12.8 Å². The van der Waals surface area contributed by atoms with E-state index in [0.717, 1.165) is 43.6 Å². The molecule has 1 aromatic rings. The molecule has 0 aromatic carbocycles. The SMILES string of the molecule is CCCOc1cc(C)nc(N(C)CC2CCNCC2)n1. The molecule has 0 bridgehead atoms. The van der Waals surface area contributed by atoms with Gasteiger partial charge in [0.05, 0.1) is 6.61 Å². The molecule has 0 unspecified atom stereocenters. The van der Waals surface area contributed by atoms with Gasteiger partial charge in [-0.25, -0.2) is 4.98 Å². The number of aryl methyl sites for hydroxylation is 1. The molecular formula is C15H26N4O. The zero-order valence-corrected chi connectivity index (χ0v) is 12.9. The second kappa shape index (κ2) is 7.43. The molecule has 0 saturated carbocycles. The third kappa shape index (κ3) is 4.34. The Morgan fingerprint density at radius 3 is 2.80 bits per heavy atom. The van der Waals surface area contributed by atoms with Crippen molar-refractivity contribution in [3.05, 3.63) is 11.8 Å². The van der Waals surface area contributed by atoms with E-state index >= 15 is 0 Å². The molecular weight excluding hydrogens is 252 g/mol. The van der Waals surface area contributed by atoms with Gasteiger partial charge in [0, 0.05) is 25.4 Å². The maximum Gasteiger partial charge on any atom is 0.228 e. The van der Waals surface area contributed by atoms with Gasteiger partial charge in [0.1, 0.15) is 0 Å². The van der Waals surface area contributed by atoms with Crippen molar-refractivity contribution in [1.82, 2.24) is 15.3 Å². The number of hydrogen-bond donors (Lipinski definition) is 1. The second-order valence-corrected chi connectivity index (χ2v) is 5.57. The predicted octanol–water partition coefficient (Wildman–Crippen LogP) is 2.01. The third-order valence-corrected chi connectivity index (χ3v) is 3.61. The Balaban J connectivity index is 2.00. The minimum Gasteiger partial charge on any atom is -0.478 e. The fourth-order valence-corrected chi connectivity index (χ4v) is 2.51. The molecule has 1 saturated heterocycles. The van der Waals surface area contributed by atoms with Gasteiger partial charge in [-0.2, -0.15) is 4.98 Å². The average molecular weight is 278 g/mol. The van der Waals surface area contributed by atoms with E-state index < -0.39 is 0 Å². The molecule has 0 aliphatic carbocycles. The lowest BCUT2D eigenvalue weighted by Crippen LogP contribution is -2.35. The first-order valence-corrected chi connectivity index (χ1v) is 7.59. The molecule has 0 atom stereocenters. The first kappa shape index (κ1) is 15.0. The second-order valence-electron chi connectivity index (χ2n) is 5.57. The van der Waals surface area contributed by atoms with Crippen LogP contribution in [0.4, 0.5) is 5.95 Å². The van der Waals surface area contributed by atoms with Crippen molar-refractivity contribution < 1.29 is 4.74 Å². The van der Waals surface area contributed by atoms with Crippen LogP contribution in [0.5, 0.6) is 5.88 Å². The van der Waals surface area contributed by atoms with Crippen molar-refractivity contribution in [2.45, 2.75) is 33.1 Å². The maximum absolute atomic E-state index is 5.63. The van der Waals surface area contributed by atoms with E-state index in [-0.39, 0.29) is 0 Å². The smallest absolute Gasteiger partial charge is 0.228 e. The largest absolute Gasteiger partial charge is 0.478 e. The molecule has 0 amide bonds. The zero-order chi connectivity index (χ0) is 14.4. The topological polar surface area (TPSA) is 50.3 Å². The van der Waals surface area contributed by atoms with Gasteiger partial charge in [-0.1, -0.05) is 6.92 Å². The number of hydrogen-bond acceptors (Lipinski definition) is 5. The molecule has 5 nitrogen and oxygen atoms in total. The fourth-order valence-electron chi connectivity index (χ4n) is 2.51. The first-order valence-electron chi connectivity index (χ1n) is 7.59. The number of nitrogens with zero attached hydrogens (tertiary/aromatic N) is 3. The zero-order valence-electron chi connectivity index (χ0n) is 12.9. The minimum atomic E-state index is 0.687. The van der Waals surface area contributed by atoms with Gasteiger partial charge >= 0.3 is 0 Å². The Labute approximate surface area is 121 Å². The van der Waals surface area contributed by atoms with Crippen LogP contribution in [0, 0.1) is 12.8 Å². The van der Waals surface area contributed by atoms with Gasteiger partial charge in [-0.3, -0.25) is 0 Å². The Morgan fingerprint density at radius 2 is 2.10 bits per heavy atom. The van der Waals surface area contributed by atoms with E-state index in [1.807, 2.05) is 13.0 Å². The van der Waals surface area contributed by atoms with Crippen molar-refractivity contribution in [1.29, 1.82) is 0 Å². The summed E-state index contributed by atoms with van der Waals surface area (Å²) in [5.41, 5.74) is 0.957. The van der Waals surface area contributed by atoms with E-state index in [0.29, 0.717) is 12.5 Å². The number of aromatic nitrogens is 2. The van der Waals surface area contributed by atoms with Gasteiger partial charge in [0.25, 0.3) is 0 Å². The molecule has 1 aliphatic heterocycles. The van der Waals surface area contributed by atoms with Crippen LogP contribution in [0.1, 0.15) is 31.9 Å². The lowest BCUT2D eigenvalue weighted by atomic mass is 9.98. The highest BCUT2D eigenvalue weighted by atomic mass is 16.5. The number of piperidine rings is 1. The summed E-state index contributed by atoms with van der Waals surface area (Å²) in [6.45, 7) is 8.04. The summed E-state index contributed by atoms with van der Waals surface area (Å²) in [5, 5.41) is 3.40. The molecule has 2 heterocycles. The highest BCUT2D eigenvalue weighted by Crippen LogP contribution is 2.18. The van der Waals surface area contributed by atoms with E-state index in [9.17, 15) is 0 Å². The van der Waals surface area contributed by atoms with Crippen molar-refractivity contribution in [2.75, 3.05) is 38.2 Å². The molecule has 1 fully saturated rings. The number of ether oxygens (including phenoxy) is 1. The van der Waals surface area contributed by atoms with Crippen LogP contribution in [-0.4, -0.2) is 43.3 Å². The quantitative estimate of drug-likeness (QED) is 0.862. The summed E-state index contributed by atoms with van der Waals surface area (Å²) in [7, 11) is 2.07. The Kier molecular flexibility index (Phi) is 5.59. The van der Waals surface area contributed by atoms with Crippen molar-refractivity contribution >= 4 is 5.95 Å². The summed E-state index contributed by atoms with van der Waals surface area (Å²) in [4.78, 5) is 11.2. The summed E-state index contributed by atoms with van der Waals surface area (Å²) in [5.74, 6) is 2.19. The molecule has 5 heteroatoms. The number of nitrogens with one attached hydrogen (secondary N) is 1. The Bertz CT molecular complexity index is 418. The normalized spacial score (nSPS) is 16.1. The summed E-state index contributed by atoms with van der Waals surface area (Å²) < 4.78 is 5.63. The van der Waals surface area contributed by atoms with Gasteiger partial charge in [0.2, 0.25) is 11.8 Å².